The number of hydrogen-bond donors (Lipinski definition) is 2. The molecule has 0 aliphatic carbocycles. The molecule has 1 aromatic carbocycles. The summed E-state index contributed by atoms with van der Waals surface area (Å²) < 4.78 is 0. The van der Waals surface area contributed by atoms with E-state index in [4.69, 9.17) is 5.11 Å². The number of aromatic nitrogens is 1. The third kappa shape index (κ3) is 5.19. The van der Waals surface area contributed by atoms with Crippen LogP contribution in [0.5, 0.6) is 0 Å². The maximum Gasteiger partial charge on any atom is 0.303 e. The fourth-order valence-corrected chi connectivity index (χ4v) is 3.84. The Balaban J connectivity index is 1.76. The van der Waals surface area contributed by atoms with Crippen LogP contribution in [0.3, 0.4) is 0 Å². The molecule has 1 aromatic heterocycles. The fraction of sp³-hybridized carbons (Fsp3) is 0.364. The van der Waals surface area contributed by atoms with Crippen molar-refractivity contribution in [2.24, 2.45) is 5.92 Å². The minimum Gasteiger partial charge on any atom is -0.481 e. The zero-order valence-corrected chi connectivity index (χ0v) is 16.3. The number of pyridine rings is 1. The Hall–Kier alpha value is -3.22. The first kappa shape index (κ1) is 20.5. The molecule has 0 saturated carbocycles. The predicted octanol–water partition coefficient (Wildman–Crippen LogP) is 2.19. The van der Waals surface area contributed by atoms with Crippen molar-refractivity contribution in [2.75, 3.05) is 7.05 Å². The smallest absolute Gasteiger partial charge is 0.303 e. The van der Waals surface area contributed by atoms with E-state index in [2.05, 4.69) is 10.3 Å². The van der Waals surface area contributed by atoms with Gasteiger partial charge < -0.3 is 15.3 Å². The lowest BCUT2D eigenvalue weighted by atomic mass is 9.92. The zero-order chi connectivity index (χ0) is 20.8. The fourth-order valence-electron chi connectivity index (χ4n) is 3.84. The third-order valence-electron chi connectivity index (χ3n) is 5.33. The molecule has 3 rings (SSSR count). The number of nitrogens with one attached hydrogen (secondary N) is 1. The van der Waals surface area contributed by atoms with E-state index in [-0.39, 0.29) is 36.7 Å². The topological polar surface area (TPSA) is 99.6 Å². The molecule has 152 valence electrons. The molecule has 1 fully saturated rings. The zero-order valence-electron chi connectivity index (χ0n) is 16.3. The van der Waals surface area contributed by atoms with Gasteiger partial charge in [0.15, 0.2) is 0 Å². The predicted molar refractivity (Wildman–Crippen MR) is 107 cm³/mol. The van der Waals surface area contributed by atoms with Crippen molar-refractivity contribution in [3.8, 4) is 0 Å². The molecule has 2 heterocycles. The Morgan fingerprint density at radius 2 is 2.00 bits per heavy atom. The van der Waals surface area contributed by atoms with Crippen LogP contribution in [0.2, 0.25) is 0 Å². The molecule has 7 nitrogen and oxygen atoms in total. The minimum absolute atomic E-state index is 0.0344. The summed E-state index contributed by atoms with van der Waals surface area (Å²) in [6, 6.07) is 12.6. The number of likely N-dealkylation sites (tertiary alicyclic amines) is 1. The van der Waals surface area contributed by atoms with E-state index < -0.39 is 11.9 Å². The van der Waals surface area contributed by atoms with Crippen LogP contribution in [0.1, 0.15) is 36.4 Å². The lowest BCUT2D eigenvalue weighted by Crippen LogP contribution is -2.42. The molecule has 0 radical (unpaired) electrons. The third-order valence-corrected chi connectivity index (χ3v) is 5.33. The van der Waals surface area contributed by atoms with Crippen molar-refractivity contribution in [3.05, 3.63) is 66.0 Å². The molecule has 1 saturated heterocycles. The lowest BCUT2D eigenvalue weighted by molar-refractivity contribution is -0.137. The number of amides is 2. The van der Waals surface area contributed by atoms with Crippen LogP contribution in [-0.4, -0.2) is 45.9 Å². The van der Waals surface area contributed by atoms with Crippen LogP contribution in [0.15, 0.2) is 54.9 Å². The van der Waals surface area contributed by atoms with Crippen LogP contribution in [0.4, 0.5) is 0 Å². The second kappa shape index (κ2) is 9.32. The Morgan fingerprint density at radius 3 is 2.66 bits per heavy atom. The molecule has 1 aliphatic heterocycles. The van der Waals surface area contributed by atoms with Crippen molar-refractivity contribution in [1.29, 1.82) is 0 Å². The number of hydrogen-bond acceptors (Lipinski definition) is 4. The molecular formula is C22H25N3O4. The number of carbonyl (C=O) groups is 3. The van der Waals surface area contributed by atoms with Gasteiger partial charge in [-0.3, -0.25) is 19.4 Å². The number of nitrogens with zero attached hydrogens (tertiary/aromatic N) is 2. The SMILES string of the molecule is CN1C(=O)CC(C(=O)NC(CCC(=O)O)Cc2ccccc2)C1c1cccnc1. The van der Waals surface area contributed by atoms with Crippen LogP contribution < -0.4 is 5.32 Å². The average molecular weight is 395 g/mol. The van der Waals surface area contributed by atoms with Crippen molar-refractivity contribution in [2.45, 2.75) is 37.8 Å². The van der Waals surface area contributed by atoms with Crippen molar-refractivity contribution < 1.29 is 19.5 Å². The number of carbonyl (C=O) groups excluding carboxylic acids is 2. The summed E-state index contributed by atoms with van der Waals surface area (Å²) in [5.74, 6) is -1.77. The Kier molecular flexibility index (Phi) is 6.59. The number of carboxylic acids is 1. The standard InChI is InChI=1S/C22H25N3O4/c1-25-19(26)13-18(21(25)16-8-5-11-23-14-16)22(29)24-17(9-10-20(27)28)12-15-6-3-2-4-7-15/h2-8,11,14,17-18,21H,9-10,12-13H2,1H3,(H,24,29)(H,27,28). The number of carboxylic acid groups (broad SMARTS) is 1. The van der Waals surface area contributed by atoms with Gasteiger partial charge in [0.2, 0.25) is 11.8 Å². The highest BCUT2D eigenvalue weighted by atomic mass is 16.4. The largest absolute Gasteiger partial charge is 0.481 e. The van der Waals surface area contributed by atoms with Gasteiger partial charge >= 0.3 is 5.97 Å². The van der Waals surface area contributed by atoms with E-state index in [0.717, 1.165) is 11.1 Å². The van der Waals surface area contributed by atoms with Crippen molar-refractivity contribution in [1.82, 2.24) is 15.2 Å². The molecule has 29 heavy (non-hydrogen) atoms. The maximum atomic E-state index is 13.1. The number of benzene rings is 1. The number of aliphatic carboxylic acids is 1. The van der Waals surface area contributed by atoms with E-state index in [1.54, 1.807) is 30.4 Å². The molecule has 0 spiro atoms. The normalized spacial score (nSPS) is 19.8. The Morgan fingerprint density at radius 1 is 1.24 bits per heavy atom. The second-order valence-corrected chi connectivity index (χ2v) is 7.37. The van der Waals surface area contributed by atoms with Gasteiger partial charge in [0.05, 0.1) is 12.0 Å². The quantitative estimate of drug-likeness (QED) is 0.714. The van der Waals surface area contributed by atoms with Gasteiger partial charge in [-0.05, 0) is 30.0 Å². The highest BCUT2D eigenvalue weighted by Gasteiger charge is 2.43. The first-order valence-corrected chi connectivity index (χ1v) is 9.67. The van der Waals surface area contributed by atoms with Crippen LogP contribution in [-0.2, 0) is 20.8 Å². The van der Waals surface area contributed by atoms with E-state index >= 15 is 0 Å². The van der Waals surface area contributed by atoms with Gasteiger partial charge in [-0.15, -0.1) is 0 Å². The van der Waals surface area contributed by atoms with E-state index in [0.29, 0.717) is 12.8 Å². The summed E-state index contributed by atoms with van der Waals surface area (Å²) in [5.41, 5.74) is 1.83. The van der Waals surface area contributed by atoms with Gasteiger partial charge in [0.1, 0.15) is 0 Å². The van der Waals surface area contributed by atoms with Gasteiger partial charge in [-0.2, -0.15) is 0 Å². The highest BCUT2D eigenvalue weighted by molar-refractivity contribution is 5.90. The molecule has 2 amide bonds. The Bertz CT molecular complexity index is 857. The summed E-state index contributed by atoms with van der Waals surface area (Å²) in [6.07, 6.45) is 4.27. The van der Waals surface area contributed by atoms with Gasteiger partial charge in [-0.25, -0.2) is 0 Å². The summed E-state index contributed by atoms with van der Waals surface area (Å²) in [6.45, 7) is 0. The van der Waals surface area contributed by atoms with Crippen LogP contribution in [0.25, 0.3) is 0 Å². The maximum absolute atomic E-state index is 13.1. The van der Waals surface area contributed by atoms with Gasteiger partial charge in [0, 0.05) is 38.3 Å². The first-order chi connectivity index (χ1) is 14.0. The molecular weight excluding hydrogens is 370 g/mol. The Labute approximate surface area is 169 Å². The lowest BCUT2D eigenvalue weighted by Gasteiger charge is -2.26. The second-order valence-electron chi connectivity index (χ2n) is 7.37. The summed E-state index contributed by atoms with van der Waals surface area (Å²) in [5, 5.41) is 12.1. The van der Waals surface area contributed by atoms with Gasteiger partial charge in [0.25, 0.3) is 0 Å². The summed E-state index contributed by atoms with van der Waals surface area (Å²) >= 11 is 0. The highest BCUT2D eigenvalue weighted by Crippen LogP contribution is 2.36. The van der Waals surface area contributed by atoms with E-state index in [1.807, 2.05) is 36.4 Å². The molecule has 3 unspecified atom stereocenters. The van der Waals surface area contributed by atoms with E-state index in [1.165, 1.54) is 0 Å². The van der Waals surface area contributed by atoms with Crippen molar-refractivity contribution in [3.63, 3.8) is 0 Å². The molecule has 0 bridgehead atoms. The van der Waals surface area contributed by atoms with E-state index in [9.17, 15) is 14.4 Å². The average Bonchev–Trinajstić information content (AvgIpc) is 3.02. The van der Waals surface area contributed by atoms with Crippen molar-refractivity contribution >= 4 is 17.8 Å². The molecule has 2 N–H and O–H groups in total. The minimum atomic E-state index is -0.902. The molecule has 3 atom stereocenters. The molecule has 7 heteroatoms. The molecule has 1 aliphatic rings. The summed E-state index contributed by atoms with van der Waals surface area (Å²) in [4.78, 5) is 42.2. The monoisotopic (exact) mass is 395 g/mol. The van der Waals surface area contributed by atoms with Crippen LogP contribution >= 0.6 is 0 Å². The first-order valence-electron chi connectivity index (χ1n) is 9.67. The molecule has 2 aromatic rings. The van der Waals surface area contributed by atoms with Gasteiger partial charge in [-0.1, -0.05) is 36.4 Å². The summed E-state index contributed by atoms with van der Waals surface area (Å²) in [7, 11) is 1.69. The number of rotatable bonds is 8. The van der Waals surface area contributed by atoms with Crippen LogP contribution in [0, 0.1) is 5.92 Å².